The van der Waals surface area contributed by atoms with Gasteiger partial charge in [0.1, 0.15) is 35.2 Å². The second-order valence-corrected chi connectivity index (χ2v) is 20.4. The number of rotatable bonds is 14. The molecule has 334 valence electrons. The van der Waals surface area contributed by atoms with E-state index in [9.17, 15) is 18.5 Å². The lowest BCUT2D eigenvalue weighted by atomic mass is 9.49. The number of amides is 1. The molecule has 1 amide bonds. The minimum absolute atomic E-state index is 0.0390. The Morgan fingerprint density at radius 1 is 0.969 bits per heavy atom. The van der Waals surface area contributed by atoms with Gasteiger partial charge in [0, 0.05) is 102 Å². The summed E-state index contributed by atoms with van der Waals surface area (Å²) in [7, 11) is -1.49. The van der Waals surface area contributed by atoms with Crippen LogP contribution in [-0.4, -0.2) is 78.8 Å². The average Bonchev–Trinajstić information content (AvgIpc) is 3.75. The molecular formula is C48H53ClN8O6S. The standard InChI is InChI=1S/C48H53ClN8O6S/c1-7-64(59,60)55-33-12-14-42(38(21-33)39-27-56(6)28-41-37(39)15-18-51-41)62-35-10-8-9-34(22-35)61-29-30-16-19-57(20-17-30)46-52-25-32(26-53-46)43(58)54-44-47(2,3)45(48(44,4)5)63-36-13-11-31(24-50)40(49)23-36/h8-15,18,21-23,25-27,30,44-45,51,55H,7,16-17,19-20,28-29H2,1-6H3,(H,54,58). The zero-order valence-electron chi connectivity index (χ0n) is 36.8. The number of piperidine rings is 1. The predicted octanol–water partition coefficient (Wildman–Crippen LogP) is 8.63. The number of carbonyl (C=O) groups excluding carboxylic acids is 1. The van der Waals surface area contributed by atoms with Gasteiger partial charge in [-0.1, -0.05) is 45.4 Å². The number of ether oxygens (including phenoxy) is 3. The molecule has 5 aromatic rings. The molecule has 3 N–H and O–H groups in total. The van der Waals surface area contributed by atoms with Crippen molar-refractivity contribution in [1.29, 1.82) is 5.26 Å². The van der Waals surface area contributed by atoms with Crippen LogP contribution in [0.3, 0.4) is 0 Å². The Kier molecular flexibility index (Phi) is 12.3. The molecule has 1 aliphatic carbocycles. The molecule has 16 heteroatoms. The van der Waals surface area contributed by atoms with Crippen LogP contribution in [0.1, 0.15) is 80.2 Å². The SMILES string of the molecule is CCS(=O)(=O)Nc1ccc(Oc2cccc(OCC3CCN(c4ncc(C(=O)NC5C(C)(C)C(Oc6ccc(C#N)c(Cl)c6)C5(C)C)cn4)CC3)c2)c(C2=CN(C)Cc3[nH]ccc32)c1. The molecule has 2 fully saturated rings. The first-order chi connectivity index (χ1) is 30.5. The Hall–Kier alpha value is -6.24. The van der Waals surface area contributed by atoms with Gasteiger partial charge < -0.3 is 34.3 Å². The number of aromatic amines is 1. The Labute approximate surface area is 379 Å². The van der Waals surface area contributed by atoms with E-state index < -0.39 is 20.9 Å². The highest BCUT2D eigenvalue weighted by atomic mass is 35.5. The van der Waals surface area contributed by atoms with Crippen LogP contribution in [0.25, 0.3) is 5.57 Å². The largest absolute Gasteiger partial charge is 0.493 e. The second-order valence-electron chi connectivity index (χ2n) is 17.9. The molecule has 0 bridgehead atoms. The molecule has 8 rings (SSSR count). The van der Waals surface area contributed by atoms with E-state index in [4.69, 9.17) is 25.8 Å². The number of aromatic nitrogens is 3. The minimum atomic E-state index is -3.49. The Morgan fingerprint density at radius 3 is 2.41 bits per heavy atom. The molecule has 4 heterocycles. The molecule has 64 heavy (non-hydrogen) atoms. The first-order valence-corrected chi connectivity index (χ1v) is 23.5. The molecular weight excluding hydrogens is 852 g/mol. The third-order valence-electron chi connectivity index (χ3n) is 12.5. The number of hydrogen-bond donors (Lipinski definition) is 3. The summed E-state index contributed by atoms with van der Waals surface area (Å²) in [5.74, 6) is 3.04. The van der Waals surface area contributed by atoms with Crippen molar-refractivity contribution >= 4 is 44.7 Å². The number of hydrogen-bond acceptors (Lipinski definition) is 11. The van der Waals surface area contributed by atoms with Gasteiger partial charge in [0.15, 0.2) is 0 Å². The van der Waals surface area contributed by atoms with Crippen molar-refractivity contribution in [2.24, 2.45) is 16.7 Å². The summed E-state index contributed by atoms with van der Waals surface area (Å²) >= 11 is 6.26. The summed E-state index contributed by atoms with van der Waals surface area (Å²) in [6.07, 6.45) is 8.67. The van der Waals surface area contributed by atoms with E-state index in [-0.39, 0.29) is 23.8 Å². The van der Waals surface area contributed by atoms with Crippen molar-refractivity contribution in [3.05, 3.63) is 124 Å². The zero-order chi connectivity index (χ0) is 45.4. The fourth-order valence-corrected chi connectivity index (χ4v) is 10.3. The van der Waals surface area contributed by atoms with E-state index in [1.165, 1.54) is 0 Å². The number of H-pyrrole nitrogens is 1. The fourth-order valence-electron chi connectivity index (χ4n) is 9.41. The Morgan fingerprint density at radius 2 is 1.70 bits per heavy atom. The van der Waals surface area contributed by atoms with E-state index in [0.717, 1.165) is 54.9 Å². The number of nitrogens with zero attached hydrogens (tertiary/aromatic N) is 5. The van der Waals surface area contributed by atoms with E-state index in [1.807, 2.05) is 55.8 Å². The fraction of sp³-hybridized carbons (Fsp3) is 0.375. The van der Waals surface area contributed by atoms with Gasteiger partial charge in [0.05, 0.1) is 35.1 Å². The van der Waals surface area contributed by atoms with E-state index in [1.54, 1.807) is 49.6 Å². The third kappa shape index (κ3) is 9.21. The number of sulfonamides is 1. The molecule has 0 atom stereocenters. The maximum atomic E-state index is 13.5. The lowest BCUT2D eigenvalue weighted by Crippen LogP contribution is -2.74. The van der Waals surface area contributed by atoms with Crippen LogP contribution in [0, 0.1) is 28.1 Å². The quantitative estimate of drug-likeness (QED) is 0.0973. The summed E-state index contributed by atoms with van der Waals surface area (Å²) in [6.45, 7) is 12.6. The second kappa shape index (κ2) is 17.7. The smallest absolute Gasteiger partial charge is 0.254 e. The topological polar surface area (TPSA) is 175 Å². The van der Waals surface area contributed by atoms with Gasteiger partial charge in [0.25, 0.3) is 5.91 Å². The van der Waals surface area contributed by atoms with E-state index >= 15 is 0 Å². The predicted molar refractivity (Wildman–Crippen MR) is 247 cm³/mol. The molecule has 2 aromatic heterocycles. The maximum absolute atomic E-state index is 13.5. The van der Waals surface area contributed by atoms with Crippen molar-refractivity contribution in [1.82, 2.24) is 25.2 Å². The molecule has 1 saturated carbocycles. The molecule has 3 aromatic carbocycles. The molecule has 3 aliphatic rings. The van der Waals surface area contributed by atoms with Gasteiger partial charge in [-0.25, -0.2) is 18.4 Å². The molecule has 0 spiro atoms. The van der Waals surface area contributed by atoms with Crippen LogP contribution < -0.4 is 29.1 Å². The third-order valence-corrected chi connectivity index (χ3v) is 14.2. The lowest BCUT2D eigenvalue weighted by molar-refractivity contribution is -0.164. The summed E-state index contributed by atoms with van der Waals surface area (Å²) in [5, 5.41) is 12.8. The number of benzene rings is 3. The van der Waals surface area contributed by atoms with Gasteiger partial charge in [-0.2, -0.15) is 5.26 Å². The number of fused-ring (bicyclic) bond motifs is 1. The first-order valence-electron chi connectivity index (χ1n) is 21.4. The van der Waals surface area contributed by atoms with Gasteiger partial charge >= 0.3 is 0 Å². The molecule has 0 unspecified atom stereocenters. The van der Waals surface area contributed by atoms with Crippen LogP contribution >= 0.6 is 11.6 Å². The van der Waals surface area contributed by atoms with Crippen LogP contribution in [0.15, 0.2) is 91.5 Å². The number of nitrogens with one attached hydrogen (secondary N) is 3. The Balaban J connectivity index is 0.849. The van der Waals surface area contributed by atoms with Gasteiger partial charge in [-0.05, 0) is 74.2 Å². The van der Waals surface area contributed by atoms with Crippen molar-refractivity contribution in [3.63, 3.8) is 0 Å². The highest BCUT2D eigenvalue weighted by Crippen LogP contribution is 2.55. The average molecular weight is 906 g/mol. The Bertz CT molecular complexity index is 2710. The van der Waals surface area contributed by atoms with Crippen LogP contribution in [0.5, 0.6) is 23.0 Å². The minimum Gasteiger partial charge on any atom is -0.493 e. The summed E-state index contributed by atoms with van der Waals surface area (Å²) in [5.41, 5.74) is 4.18. The van der Waals surface area contributed by atoms with Crippen LogP contribution in [0.4, 0.5) is 11.6 Å². The highest BCUT2D eigenvalue weighted by molar-refractivity contribution is 7.92. The normalized spacial score (nSPS) is 19.1. The number of anilines is 2. The number of carbonyl (C=O) groups is 1. The lowest BCUT2D eigenvalue weighted by Gasteiger charge is -2.63. The first kappa shape index (κ1) is 44.4. The zero-order valence-corrected chi connectivity index (χ0v) is 38.4. The van der Waals surface area contributed by atoms with Gasteiger partial charge in [-0.3, -0.25) is 9.52 Å². The summed E-state index contributed by atoms with van der Waals surface area (Å²) in [4.78, 5) is 30.2. The summed E-state index contributed by atoms with van der Waals surface area (Å²) < 4.78 is 46.8. The van der Waals surface area contributed by atoms with Crippen molar-refractivity contribution in [2.45, 2.75) is 66.2 Å². The number of nitriles is 1. The monoisotopic (exact) mass is 904 g/mol. The van der Waals surface area contributed by atoms with Gasteiger partial charge in [-0.15, -0.1) is 0 Å². The number of halogens is 1. The van der Waals surface area contributed by atoms with E-state index in [0.29, 0.717) is 63.3 Å². The highest BCUT2D eigenvalue weighted by Gasteiger charge is 2.64. The van der Waals surface area contributed by atoms with E-state index in [2.05, 4.69) is 68.6 Å². The van der Waals surface area contributed by atoms with Crippen LogP contribution in [0.2, 0.25) is 5.02 Å². The summed E-state index contributed by atoms with van der Waals surface area (Å²) in [6, 6.07) is 21.8. The maximum Gasteiger partial charge on any atom is 0.254 e. The molecule has 1 saturated heterocycles. The van der Waals surface area contributed by atoms with Gasteiger partial charge in [0.2, 0.25) is 16.0 Å². The van der Waals surface area contributed by atoms with Crippen LogP contribution in [-0.2, 0) is 16.6 Å². The van der Waals surface area contributed by atoms with Crippen molar-refractivity contribution < 1.29 is 27.4 Å². The van der Waals surface area contributed by atoms with Crippen molar-refractivity contribution in [3.8, 4) is 29.1 Å². The molecule has 2 aliphatic heterocycles. The molecule has 14 nitrogen and oxygen atoms in total. The molecule has 0 radical (unpaired) electrons. The van der Waals surface area contributed by atoms with Crippen molar-refractivity contribution in [2.75, 3.05) is 42.1 Å².